The van der Waals surface area contributed by atoms with Crippen molar-refractivity contribution in [2.45, 2.75) is 19.9 Å². The van der Waals surface area contributed by atoms with E-state index in [-0.39, 0.29) is 16.9 Å². The molecule has 1 aliphatic heterocycles. The number of amides is 1. The van der Waals surface area contributed by atoms with E-state index in [1.807, 2.05) is 25.3 Å². The zero-order valence-corrected chi connectivity index (χ0v) is 16.6. The van der Waals surface area contributed by atoms with Gasteiger partial charge < -0.3 is 5.11 Å². The third kappa shape index (κ3) is 2.94. The Morgan fingerprint density at radius 3 is 2.46 bits per heavy atom. The first kappa shape index (κ1) is 18.5. The van der Waals surface area contributed by atoms with E-state index in [0.29, 0.717) is 5.13 Å². The summed E-state index contributed by atoms with van der Waals surface area (Å²) in [5, 5.41) is 13.1. The summed E-state index contributed by atoms with van der Waals surface area (Å²) in [6.45, 7) is 3.73. The fourth-order valence-corrected chi connectivity index (χ4v) is 4.83. The number of Topliss-reactive ketones (excluding diaryl/α,β-unsaturated/α-hetero) is 1. The average molecular weight is 414 g/mol. The highest BCUT2D eigenvalue weighted by Gasteiger charge is 2.48. The Morgan fingerprint density at radius 1 is 1.18 bits per heavy atom. The summed E-state index contributed by atoms with van der Waals surface area (Å²) in [6.07, 6.45) is 0. The zero-order chi connectivity index (χ0) is 20.0. The van der Waals surface area contributed by atoms with Gasteiger partial charge in [-0.25, -0.2) is 9.37 Å². The fourth-order valence-electron chi connectivity index (χ4n) is 3.07. The van der Waals surface area contributed by atoms with Crippen molar-refractivity contribution in [2.75, 3.05) is 4.90 Å². The predicted octanol–water partition coefficient (Wildman–Crippen LogP) is 4.59. The molecular formula is C20H15FN2O3S2. The van der Waals surface area contributed by atoms with Crippen molar-refractivity contribution >= 4 is 45.3 Å². The molecule has 5 nitrogen and oxygen atoms in total. The highest BCUT2D eigenvalue weighted by atomic mass is 32.1. The van der Waals surface area contributed by atoms with Gasteiger partial charge in [0.05, 0.1) is 11.3 Å². The lowest BCUT2D eigenvalue weighted by Gasteiger charge is -2.21. The van der Waals surface area contributed by atoms with E-state index in [4.69, 9.17) is 0 Å². The Kier molecular flexibility index (Phi) is 4.60. The number of thiophene rings is 1. The molecule has 3 heterocycles. The number of benzene rings is 1. The molecule has 0 aliphatic carbocycles. The maximum absolute atomic E-state index is 13.3. The molecule has 0 spiro atoms. The van der Waals surface area contributed by atoms with Crippen LogP contribution in [0.4, 0.5) is 9.52 Å². The maximum atomic E-state index is 13.3. The SMILES string of the molecule is Cc1nc(N2C(=O)C(=O)C(=C(O)c3ccc(F)cc3)[C@H]2c2cccs2)sc1C. The van der Waals surface area contributed by atoms with Gasteiger partial charge in [0.25, 0.3) is 5.78 Å². The molecule has 1 aliphatic rings. The minimum absolute atomic E-state index is 0.0236. The number of halogens is 1. The first-order chi connectivity index (χ1) is 13.4. The van der Waals surface area contributed by atoms with Crippen LogP contribution in [-0.4, -0.2) is 21.8 Å². The number of aliphatic hydroxyl groups is 1. The van der Waals surface area contributed by atoms with Gasteiger partial charge in [-0.05, 0) is 49.6 Å². The molecule has 1 N–H and O–H groups in total. The number of aliphatic hydroxyl groups excluding tert-OH is 1. The fraction of sp³-hybridized carbons (Fsp3) is 0.150. The number of hydrogen-bond donors (Lipinski definition) is 1. The highest BCUT2D eigenvalue weighted by Crippen LogP contribution is 2.44. The van der Waals surface area contributed by atoms with Crippen molar-refractivity contribution in [2.24, 2.45) is 0 Å². The Labute approximate surface area is 168 Å². The van der Waals surface area contributed by atoms with Gasteiger partial charge in [0.15, 0.2) is 5.13 Å². The van der Waals surface area contributed by atoms with Crippen LogP contribution in [0.15, 0.2) is 47.4 Å². The lowest BCUT2D eigenvalue weighted by molar-refractivity contribution is -0.132. The Hall–Kier alpha value is -2.84. The summed E-state index contributed by atoms with van der Waals surface area (Å²) >= 11 is 2.70. The number of aryl methyl sites for hydroxylation is 2. The maximum Gasteiger partial charge on any atom is 0.301 e. The lowest BCUT2D eigenvalue weighted by Crippen LogP contribution is -2.29. The van der Waals surface area contributed by atoms with Crippen molar-refractivity contribution in [1.29, 1.82) is 0 Å². The van der Waals surface area contributed by atoms with E-state index in [9.17, 15) is 19.1 Å². The summed E-state index contributed by atoms with van der Waals surface area (Å²) in [6, 6.07) is 7.98. The molecule has 1 atom stereocenters. The van der Waals surface area contributed by atoms with E-state index in [1.54, 1.807) is 6.07 Å². The van der Waals surface area contributed by atoms with Crippen LogP contribution >= 0.6 is 22.7 Å². The standard InChI is InChI=1S/C20H15FN2O3S2/c1-10-11(2)28-20(22-10)23-16(14-4-3-9-27-14)15(18(25)19(23)26)17(24)12-5-7-13(21)8-6-12/h3-9,16,24H,1-2H3/t16-/m1/s1. The average Bonchev–Trinajstić information content (AvgIpc) is 3.36. The zero-order valence-electron chi connectivity index (χ0n) is 15.0. The molecule has 0 saturated carbocycles. The van der Waals surface area contributed by atoms with Crippen LogP contribution in [0.5, 0.6) is 0 Å². The molecule has 0 radical (unpaired) electrons. The first-order valence-electron chi connectivity index (χ1n) is 8.43. The molecule has 0 unspecified atom stereocenters. The van der Waals surface area contributed by atoms with Crippen molar-refractivity contribution < 1.29 is 19.1 Å². The summed E-state index contributed by atoms with van der Waals surface area (Å²) in [5.41, 5.74) is 1.03. The van der Waals surface area contributed by atoms with Crippen molar-refractivity contribution in [3.8, 4) is 0 Å². The molecule has 0 bridgehead atoms. The minimum Gasteiger partial charge on any atom is -0.507 e. The van der Waals surface area contributed by atoms with Gasteiger partial charge in [0, 0.05) is 15.3 Å². The van der Waals surface area contributed by atoms with Crippen LogP contribution in [0.3, 0.4) is 0 Å². The number of nitrogens with zero attached hydrogens (tertiary/aromatic N) is 2. The van der Waals surface area contributed by atoms with E-state index in [0.717, 1.165) is 15.4 Å². The van der Waals surface area contributed by atoms with Gasteiger partial charge in [-0.3, -0.25) is 14.5 Å². The van der Waals surface area contributed by atoms with Crippen molar-refractivity contribution in [3.05, 3.63) is 74.2 Å². The molecule has 1 fully saturated rings. The quantitative estimate of drug-likeness (QED) is 0.387. The van der Waals surface area contributed by atoms with E-state index >= 15 is 0 Å². The molecule has 4 rings (SSSR count). The van der Waals surface area contributed by atoms with Crippen LogP contribution in [0.25, 0.3) is 5.76 Å². The van der Waals surface area contributed by atoms with Gasteiger partial charge in [-0.2, -0.15) is 0 Å². The third-order valence-corrected chi connectivity index (χ3v) is 6.59. The molecule has 2 aromatic heterocycles. The Balaban J connectivity index is 1.92. The van der Waals surface area contributed by atoms with Gasteiger partial charge in [0.2, 0.25) is 0 Å². The lowest BCUT2D eigenvalue weighted by atomic mass is 10.00. The van der Waals surface area contributed by atoms with Crippen LogP contribution < -0.4 is 4.90 Å². The molecule has 3 aromatic rings. The number of hydrogen-bond acceptors (Lipinski definition) is 6. The number of thiazole rings is 1. The second kappa shape index (κ2) is 6.96. The van der Waals surface area contributed by atoms with Gasteiger partial charge in [0.1, 0.15) is 17.6 Å². The first-order valence-corrected chi connectivity index (χ1v) is 10.1. The summed E-state index contributed by atoms with van der Waals surface area (Å²) < 4.78 is 13.3. The monoisotopic (exact) mass is 414 g/mol. The highest BCUT2D eigenvalue weighted by molar-refractivity contribution is 7.16. The third-order valence-electron chi connectivity index (χ3n) is 4.60. The Morgan fingerprint density at radius 2 is 1.89 bits per heavy atom. The number of carbonyl (C=O) groups is 2. The summed E-state index contributed by atoms with van der Waals surface area (Å²) in [5.74, 6) is -2.31. The van der Waals surface area contributed by atoms with Gasteiger partial charge in [-0.1, -0.05) is 6.07 Å². The van der Waals surface area contributed by atoms with Gasteiger partial charge in [-0.15, -0.1) is 22.7 Å². The number of carbonyl (C=O) groups excluding carboxylic acids is 2. The summed E-state index contributed by atoms with van der Waals surface area (Å²) in [7, 11) is 0. The van der Waals surface area contributed by atoms with Crippen molar-refractivity contribution in [1.82, 2.24) is 4.98 Å². The number of anilines is 1. The molecule has 8 heteroatoms. The van der Waals surface area contributed by atoms with E-state index in [1.165, 1.54) is 51.8 Å². The topological polar surface area (TPSA) is 70.5 Å². The van der Waals surface area contributed by atoms with Crippen LogP contribution in [0, 0.1) is 19.7 Å². The second-order valence-electron chi connectivity index (χ2n) is 6.33. The van der Waals surface area contributed by atoms with Crippen LogP contribution in [-0.2, 0) is 9.59 Å². The van der Waals surface area contributed by atoms with Crippen LogP contribution in [0.1, 0.15) is 27.1 Å². The molecular weight excluding hydrogens is 399 g/mol. The van der Waals surface area contributed by atoms with E-state index in [2.05, 4.69) is 4.98 Å². The minimum atomic E-state index is -0.786. The summed E-state index contributed by atoms with van der Waals surface area (Å²) in [4.78, 5) is 33.2. The number of rotatable bonds is 3. The predicted molar refractivity (Wildman–Crippen MR) is 107 cm³/mol. The Bertz CT molecular complexity index is 1080. The normalized spacial score (nSPS) is 18.8. The van der Waals surface area contributed by atoms with E-state index < -0.39 is 23.5 Å². The molecule has 28 heavy (non-hydrogen) atoms. The van der Waals surface area contributed by atoms with Crippen molar-refractivity contribution in [3.63, 3.8) is 0 Å². The molecule has 1 aromatic carbocycles. The number of ketones is 1. The largest absolute Gasteiger partial charge is 0.507 e. The van der Waals surface area contributed by atoms with Gasteiger partial charge >= 0.3 is 5.91 Å². The molecule has 1 amide bonds. The second-order valence-corrected chi connectivity index (χ2v) is 8.49. The van der Waals surface area contributed by atoms with Crippen LogP contribution in [0.2, 0.25) is 0 Å². The molecule has 1 saturated heterocycles. The molecule has 142 valence electrons. The number of aromatic nitrogens is 1. The smallest absolute Gasteiger partial charge is 0.301 e.